The molecule has 1 aliphatic heterocycles. The number of sulfonamides is 1. The number of imide groups is 1. The number of carbonyl (C=O) groups is 3. The van der Waals surface area contributed by atoms with Crippen molar-refractivity contribution < 1.29 is 22.8 Å². The number of hydrogen-bond donors (Lipinski definition) is 3. The van der Waals surface area contributed by atoms with Crippen molar-refractivity contribution in [2.75, 3.05) is 17.6 Å². The van der Waals surface area contributed by atoms with Crippen LogP contribution in [0.15, 0.2) is 53.4 Å². The van der Waals surface area contributed by atoms with Gasteiger partial charge in [-0.3, -0.25) is 14.5 Å². The van der Waals surface area contributed by atoms with Crippen molar-refractivity contribution in [1.82, 2.24) is 10.2 Å². The first-order valence-electron chi connectivity index (χ1n) is 8.95. The van der Waals surface area contributed by atoms with Crippen molar-refractivity contribution in [1.29, 1.82) is 0 Å². The molecule has 158 valence electrons. The van der Waals surface area contributed by atoms with Gasteiger partial charge in [-0.2, -0.15) is 0 Å². The lowest BCUT2D eigenvalue weighted by Crippen LogP contribution is -2.30. The fourth-order valence-corrected chi connectivity index (χ4v) is 3.99. The molecule has 0 aliphatic carbocycles. The van der Waals surface area contributed by atoms with Crippen LogP contribution in [0.2, 0.25) is 0 Å². The molecule has 0 spiro atoms. The zero-order valence-corrected chi connectivity index (χ0v) is 17.5. The normalized spacial score (nSPS) is 14.1. The molecule has 1 saturated heterocycles. The minimum absolute atomic E-state index is 0.0395. The molecule has 4 N–H and O–H groups in total. The second kappa shape index (κ2) is 9.28. The van der Waals surface area contributed by atoms with Gasteiger partial charge in [-0.25, -0.2) is 18.4 Å². The Morgan fingerprint density at radius 3 is 2.23 bits per heavy atom. The van der Waals surface area contributed by atoms with Crippen molar-refractivity contribution >= 4 is 44.7 Å². The van der Waals surface area contributed by atoms with Crippen molar-refractivity contribution in [2.24, 2.45) is 5.14 Å². The first kappa shape index (κ1) is 21.8. The van der Waals surface area contributed by atoms with Gasteiger partial charge in [0.15, 0.2) is 0 Å². The van der Waals surface area contributed by atoms with Crippen LogP contribution in [-0.4, -0.2) is 42.8 Å². The maximum absolute atomic E-state index is 12.0. The smallest absolute Gasteiger partial charge is 0.319 e. The fourth-order valence-electron chi connectivity index (χ4n) is 2.75. The van der Waals surface area contributed by atoms with E-state index in [0.717, 1.165) is 22.9 Å². The number of primary sulfonamides is 1. The Morgan fingerprint density at radius 2 is 1.67 bits per heavy atom. The van der Waals surface area contributed by atoms with E-state index in [1.54, 1.807) is 36.4 Å². The molecular weight excluding hydrogens is 428 g/mol. The summed E-state index contributed by atoms with van der Waals surface area (Å²) >= 11 is 0.992. The third-order valence-electron chi connectivity index (χ3n) is 4.34. The summed E-state index contributed by atoms with van der Waals surface area (Å²) in [4.78, 5) is 36.5. The molecule has 0 saturated carbocycles. The van der Waals surface area contributed by atoms with E-state index in [1.165, 1.54) is 17.0 Å². The molecule has 30 heavy (non-hydrogen) atoms. The molecule has 9 nitrogen and oxygen atoms in total. The quantitative estimate of drug-likeness (QED) is 0.591. The molecule has 0 atom stereocenters. The zero-order valence-electron chi connectivity index (χ0n) is 15.8. The molecule has 0 aromatic heterocycles. The van der Waals surface area contributed by atoms with Gasteiger partial charge in [-0.1, -0.05) is 36.0 Å². The maximum atomic E-state index is 12.0. The molecule has 2 aromatic rings. The number of thioether (sulfide) groups is 1. The van der Waals surface area contributed by atoms with Gasteiger partial charge in [0.2, 0.25) is 15.9 Å². The minimum Gasteiger partial charge on any atom is -0.338 e. The molecular formula is C19H20N4O5S2. The highest BCUT2D eigenvalue weighted by Gasteiger charge is 2.29. The van der Waals surface area contributed by atoms with E-state index in [9.17, 15) is 22.8 Å². The molecule has 2 aromatic carbocycles. The number of nitrogens with two attached hydrogens (primary N) is 1. The van der Waals surface area contributed by atoms with Gasteiger partial charge in [-0.05, 0) is 41.8 Å². The number of benzene rings is 2. The van der Waals surface area contributed by atoms with E-state index in [4.69, 9.17) is 5.14 Å². The number of hydrogen-bond acceptors (Lipinski definition) is 6. The predicted octanol–water partition coefficient (Wildman–Crippen LogP) is 1.89. The Hall–Kier alpha value is -2.89. The van der Waals surface area contributed by atoms with E-state index in [0.29, 0.717) is 18.7 Å². The van der Waals surface area contributed by atoms with Crippen molar-refractivity contribution in [2.45, 2.75) is 17.9 Å². The summed E-state index contributed by atoms with van der Waals surface area (Å²) in [5.74, 6) is -0.0274. The topological polar surface area (TPSA) is 139 Å². The second-order valence-corrected chi connectivity index (χ2v) is 9.04. The number of nitrogens with one attached hydrogen (secondary N) is 2. The van der Waals surface area contributed by atoms with Crippen molar-refractivity contribution in [3.63, 3.8) is 0 Å². The Morgan fingerprint density at radius 1 is 1.03 bits per heavy atom. The Bertz CT molecular complexity index is 1040. The van der Waals surface area contributed by atoms with E-state index in [-0.39, 0.29) is 34.4 Å². The van der Waals surface area contributed by atoms with Crippen molar-refractivity contribution in [3.05, 3.63) is 59.7 Å². The average Bonchev–Trinajstić information content (AvgIpc) is 3.01. The van der Waals surface area contributed by atoms with Crippen LogP contribution in [0.25, 0.3) is 0 Å². The first-order valence-corrected chi connectivity index (χ1v) is 11.5. The van der Waals surface area contributed by atoms with E-state index in [2.05, 4.69) is 10.6 Å². The summed E-state index contributed by atoms with van der Waals surface area (Å²) in [6.07, 6.45) is 0.521. The highest BCUT2D eigenvalue weighted by atomic mass is 32.2. The van der Waals surface area contributed by atoms with Crippen LogP contribution in [0.1, 0.15) is 11.1 Å². The van der Waals surface area contributed by atoms with Crippen LogP contribution < -0.4 is 15.8 Å². The molecule has 3 rings (SSSR count). The highest BCUT2D eigenvalue weighted by Crippen LogP contribution is 2.21. The maximum Gasteiger partial charge on any atom is 0.319 e. The summed E-state index contributed by atoms with van der Waals surface area (Å²) in [5.41, 5.74) is 2.21. The highest BCUT2D eigenvalue weighted by molar-refractivity contribution is 8.14. The molecule has 1 aliphatic rings. The van der Waals surface area contributed by atoms with Crippen LogP contribution in [0.3, 0.4) is 0 Å². The van der Waals surface area contributed by atoms with Crippen LogP contribution in [0.4, 0.5) is 15.3 Å². The number of rotatable bonds is 7. The third kappa shape index (κ3) is 5.81. The Balaban J connectivity index is 1.44. The fraction of sp³-hybridized carbons (Fsp3) is 0.211. The second-order valence-electron chi connectivity index (χ2n) is 6.55. The van der Waals surface area contributed by atoms with Crippen LogP contribution in [-0.2, 0) is 27.8 Å². The molecule has 0 bridgehead atoms. The lowest BCUT2D eigenvalue weighted by Gasteiger charge is -2.13. The van der Waals surface area contributed by atoms with E-state index in [1.807, 2.05) is 0 Å². The summed E-state index contributed by atoms with van der Waals surface area (Å²) in [6, 6.07) is 12.6. The number of amides is 4. The standard InChI is InChI=1S/C19H20N4O5S2/c20-30(27,28)16-7-3-13(4-8-16)9-10-21-18(25)22-15-5-1-14(2-6-15)11-23-17(24)12-29-19(23)26/h1-8H,9-12H2,(H2,20,27,28)(H2,21,22,25). The van der Waals surface area contributed by atoms with Gasteiger partial charge >= 0.3 is 6.03 Å². The van der Waals surface area contributed by atoms with Gasteiger partial charge in [0.1, 0.15) is 0 Å². The van der Waals surface area contributed by atoms with Crippen LogP contribution >= 0.6 is 11.8 Å². The first-order chi connectivity index (χ1) is 14.2. The third-order valence-corrected chi connectivity index (χ3v) is 6.13. The average molecular weight is 449 g/mol. The van der Waals surface area contributed by atoms with Crippen LogP contribution in [0, 0.1) is 0 Å². The van der Waals surface area contributed by atoms with Crippen LogP contribution in [0.5, 0.6) is 0 Å². The number of carbonyl (C=O) groups excluding carboxylic acids is 3. The Kier molecular flexibility index (Phi) is 6.75. The van der Waals surface area contributed by atoms with Gasteiger partial charge < -0.3 is 10.6 Å². The zero-order chi connectivity index (χ0) is 21.7. The number of anilines is 1. The van der Waals surface area contributed by atoms with Gasteiger partial charge in [-0.15, -0.1) is 0 Å². The van der Waals surface area contributed by atoms with Gasteiger partial charge in [0.25, 0.3) is 5.24 Å². The van der Waals surface area contributed by atoms with Gasteiger partial charge in [0, 0.05) is 12.2 Å². The summed E-state index contributed by atoms with van der Waals surface area (Å²) < 4.78 is 22.5. The van der Waals surface area contributed by atoms with E-state index >= 15 is 0 Å². The summed E-state index contributed by atoms with van der Waals surface area (Å²) in [7, 11) is -3.72. The number of nitrogens with zero attached hydrogens (tertiary/aromatic N) is 1. The molecule has 1 fully saturated rings. The Labute approximate surface area is 178 Å². The minimum atomic E-state index is -3.72. The monoisotopic (exact) mass is 448 g/mol. The largest absolute Gasteiger partial charge is 0.338 e. The lowest BCUT2D eigenvalue weighted by molar-refractivity contribution is -0.125. The molecule has 0 radical (unpaired) electrons. The predicted molar refractivity (Wildman–Crippen MR) is 113 cm³/mol. The summed E-state index contributed by atoms with van der Waals surface area (Å²) in [6.45, 7) is 0.566. The van der Waals surface area contributed by atoms with Gasteiger partial charge in [0.05, 0.1) is 17.2 Å². The SMILES string of the molecule is NS(=O)(=O)c1ccc(CCNC(=O)Nc2ccc(CN3C(=O)CSC3=O)cc2)cc1. The van der Waals surface area contributed by atoms with E-state index < -0.39 is 10.0 Å². The lowest BCUT2D eigenvalue weighted by atomic mass is 10.1. The molecule has 11 heteroatoms. The number of urea groups is 1. The van der Waals surface area contributed by atoms with Crippen molar-refractivity contribution in [3.8, 4) is 0 Å². The molecule has 1 heterocycles. The summed E-state index contributed by atoms with van der Waals surface area (Å²) in [5, 5.41) is 10.2. The molecule has 4 amide bonds. The molecule has 0 unspecified atom stereocenters.